The second-order valence-corrected chi connectivity index (χ2v) is 2.67. The van der Waals surface area contributed by atoms with Crippen molar-refractivity contribution in [3.63, 3.8) is 0 Å². The van der Waals surface area contributed by atoms with E-state index >= 15 is 0 Å². The van der Waals surface area contributed by atoms with Crippen LogP contribution in [0.25, 0.3) is 0 Å². The first-order valence-electron chi connectivity index (χ1n) is 4.06. The second kappa shape index (κ2) is 4.19. The summed E-state index contributed by atoms with van der Waals surface area (Å²) in [6.07, 6.45) is 4.12. The third-order valence-corrected chi connectivity index (χ3v) is 1.70. The van der Waals surface area contributed by atoms with E-state index in [2.05, 4.69) is 6.92 Å². The molecule has 62 valence electrons. The van der Waals surface area contributed by atoms with Crippen molar-refractivity contribution >= 4 is 0 Å². The van der Waals surface area contributed by atoms with Gasteiger partial charge in [0.25, 0.3) is 0 Å². The lowest BCUT2D eigenvalue weighted by molar-refractivity contribution is 0.137. The van der Waals surface area contributed by atoms with Gasteiger partial charge in [0.1, 0.15) is 11.9 Å². The van der Waals surface area contributed by atoms with Gasteiger partial charge in [0, 0.05) is 0 Å². The first kappa shape index (κ1) is 8.34. The Labute approximate surface area is 66.8 Å². The Kier molecular flexibility index (Phi) is 3.17. The standard InChI is InChI=1S/C9H14O2/c1-2-3-5-8(10)9-6-4-7-11-9/h4,6-8,10H,2-3,5H2,1H3/t8-/m1/s1. The van der Waals surface area contributed by atoms with E-state index in [0.717, 1.165) is 19.3 Å². The van der Waals surface area contributed by atoms with Crippen LogP contribution in [-0.2, 0) is 0 Å². The van der Waals surface area contributed by atoms with Gasteiger partial charge < -0.3 is 9.52 Å². The average molecular weight is 154 g/mol. The molecule has 1 aromatic rings. The number of aliphatic hydroxyl groups is 1. The van der Waals surface area contributed by atoms with Crippen LogP contribution in [0.5, 0.6) is 0 Å². The van der Waals surface area contributed by atoms with E-state index in [0.29, 0.717) is 5.76 Å². The Morgan fingerprint density at radius 1 is 1.64 bits per heavy atom. The van der Waals surface area contributed by atoms with Crippen molar-refractivity contribution in [2.24, 2.45) is 0 Å². The zero-order chi connectivity index (χ0) is 8.10. The molecule has 1 aromatic heterocycles. The lowest BCUT2D eigenvalue weighted by atomic mass is 10.1. The van der Waals surface area contributed by atoms with Crippen molar-refractivity contribution in [2.45, 2.75) is 32.3 Å². The molecule has 0 fully saturated rings. The van der Waals surface area contributed by atoms with Gasteiger partial charge in [0.05, 0.1) is 6.26 Å². The van der Waals surface area contributed by atoms with Crippen molar-refractivity contribution in [3.8, 4) is 0 Å². The number of furan rings is 1. The summed E-state index contributed by atoms with van der Waals surface area (Å²) in [6.45, 7) is 2.11. The fourth-order valence-corrected chi connectivity index (χ4v) is 1.02. The number of aliphatic hydroxyl groups excluding tert-OH is 1. The minimum Gasteiger partial charge on any atom is -0.467 e. The third kappa shape index (κ3) is 2.39. The van der Waals surface area contributed by atoms with Crippen LogP contribution in [0, 0.1) is 0 Å². The van der Waals surface area contributed by atoms with Crippen molar-refractivity contribution in [3.05, 3.63) is 24.2 Å². The van der Waals surface area contributed by atoms with Crippen LogP contribution in [0.4, 0.5) is 0 Å². The first-order chi connectivity index (χ1) is 5.34. The van der Waals surface area contributed by atoms with Gasteiger partial charge in [-0.3, -0.25) is 0 Å². The Morgan fingerprint density at radius 3 is 3.00 bits per heavy atom. The van der Waals surface area contributed by atoms with Gasteiger partial charge in [-0.1, -0.05) is 19.8 Å². The fourth-order valence-electron chi connectivity index (χ4n) is 1.02. The normalized spacial score (nSPS) is 13.3. The Hall–Kier alpha value is -0.760. The average Bonchev–Trinajstić information content (AvgIpc) is 2.52. The molecular formula is C9H14O2. The van der Waals surface area contributed by atoms with E-state index in [4.69, 9.17) is 4.42 Å². The number of rotatable bonds is 4. The first-order valence-corrected chi connectivity index (χ1v) is 4.06. The summed E-state index contributed by atoms with van der Waals surface area (Å²) < 4.78 is 5.04. The molecule has 0 spiro atoms. The molecule has 0 aliphatic heterocycles. The highest BCUT2D eigenvalue weighted by Gasteiger charge is 2.08. The summed E-state index contributed by atoms with van der Waals surface area (Å²) in [6, 6.07) is 3.60. The predicted molar refractivity (Wildman–Crippen MR) is 43.2 cm³/mol. The van der Waals surface area contributed by atoms with E-state index in [1.807, 2.05) is 0 Å². The maximum Gasteiger partial charge on any atom is 0.132 e. The highest BCUT2D eigenvalue weighted by molar-refractivity contribution is 5.01. The molecule has 0 saturated heterocycles. The molecule has 0 aromatic carbocycles. The van der Waals surface area contributed by atoms with E-state index in [1.54, 1.807) is 18.4 Å². The summed E-state index contributed by atoms with van der Waals surface area (Å²) >= 11 is 0. The van der Waals surface area contributed by atoms with Crippen LogP contribution >= 0.6 is 0 Å². The lowest BCUT2D eigenvalue weighted by Gasteiger charge is -2.04. The highest BCUT2D eigenvalue weighted by atomic mass is 16.4. The molecule has 1 rings (SSSR count). The van der Waals surface area contributed by atoms with Crippen molar-refractivity contribution in [1.82, 2.24) is 0 Å². The maximum absolute atomic E-state index is 9.45. The molecule has 2 heteroatoms. The van der Waals surface area contributed by atoms with Crippen LogP contribution in [0.15, 0.2) is 22.8 Å². The van der Waals surface area contributed by atoms with Crippen molar-refractivity contribution < 1.29 is 9.52 Å². The second-order valence-electron chi connectivity index (χ2n) is 2.67. The highest BCUT2D eigenvalue weighted by Crippen LogP contribution is 2.18. The lowest BCUT2D eigenvalue weighted by Crippen LogP contribution is -1.94. The zero-order valence-corrected chi connectivity index (χ0v) is 6.79. The van der Waals surface area contributed by atoms with Crippen LogP contribution in [0.2, 0.25) is 0 Å². The van der Waals surface area contributed by atoms with Crippen LogP contribution in [0.1, 0.15) is 38.1 Å². The number of unbranched alkanes of at least 4 members (excludes halogenated alkanes) is 1. The van der Waals surface area contributed by atoms with Gasteiger partial charge in [0.2, 0.25) is 0 Å². The number of hydrogen-bond donors (Lipinski definition) is 1. The molecule has 0 amide bonds. The van der Waals surface area contributed by atoms with E-state index in [9.17, 15) is 5.11 Å². The van der Waals surface area contributed by atoms with Gasteiger partial charge >= 0.3 is 0 Å². The number of hydrogen-bond acceptors (Lipinski definition) is 2. The zero-order valence-electron chi connectivity index (χ0n) is 6.79. The minimum absolute atomic E-state index is 0.412. The Morgan fingerprint density at radius 2 is 2.45 bits per heavy atom. The molecule has 0 unspecified atom stereocenters. The van der Waals surface area contributed by atoms with Crippen LogP contribution in [-0.4, -0.2) is 5.11 Å². The van der Waals surface area contributed by atoms with Crippen molar-refractivity contribution in [2.75, 3.05) is 0 Å². The molecule has 11 heavy (non-hydrogen) atoms. The molecule has 0 radical (unpaired) electrons. The molecule has 2 nitrogen and oxygen atoms in total. The third-order valence-electron chi connectivity index (χ3n) is 1.70. The summed E-state index contributed by atoms with van der Waals surface area (Å²) in [5.41, 5.74) is 0. The molecule has 0 saturated carbocycles. The molecular weight excluding hydrogens is 140 g/mol. The summed E-state index contributed by atoms with van der Waals surface area (Å²) in [5, 5.41) is 9.45. The van der Waals surface area contributed by atoms with E-state index < -0.39 is 6.10 Å². The van der Waals surface area contributed by atoms with Gasteiger partial charge in [-0.25, -0.2) is 0 Å². The molecule has 0 aliphatic carbocycles. The summed E-state index contributed by atoms with van der Waals surface area (Å²) in [7, 11) is 0. The van der Waals surface area contributed by atoms with Crippen LogP contribution < -0.4 is 0 Å². The quantitative estimate of drug-likeness (QED) is 0.722. The molecule has 0 bridgehead atoms. The SMILES string of the molecule is CCCC[C@@H](O)c1ccco1. The smallest absolute Gasteiger partial charge is 0.132 e. The Balaban J connectivity index is 2.36. The summed E-state index contributed by atoms with van der Waals surface area (Å²) in [5.74, 6) is 0.679. The van der Waals surface area contributed by atoms with Crippen molar-refractivity contribution in [1.29, 1.82) is 0 Å². The minimum atomic E-state index is -0.412. The van der Waals surface area contributed by atoms with Gasteiger partial charge in [-0.15, -0.1) is 0 Å². The van der Waals surface area contributed by atoms with E-state index in [1.165, 1.54) is 0 Å². The predicted octanol–water partition coefficient (Wildman–Crippen LogP) is 2.50. The van der Waals surface area contributed by atoms with Crippen LogP contribution in [0.3, 0.4) is 0 Å². The fraction of sp³-hybridized carbons (Fsp3) is 0.556. The monoisotopic (exact) mass is 154 g/mol. The topological polar surface area (TPSA) is 33.4 Å². The molecule has 1 atom stereocenters. The van der Waals surface area contributed by atoms with Gasteiger partial charge in [-0.05, 0) is 18.6 Å². The molecule has 1 N–H and O–H groups in total. The summed E-state index contributed by atoms with van der Waals surface area (Å²) in [4.78, 5) is 0. The molecule has 1 heterocycles. The van der Waals surface area contributed by atoms with Gasteiger partial charge in [-0.2, -0.15) is 0 Å². The maximum atomic E-state index is 9.45. The van der Waals surface area contributed by atoms with E-state index in [-0.39, 0.29) is 0 Å². The Bertz CT molecular complexity index is 179. The molecule has 0 aliphatic rings. The largest absolute Gasteiger partial charge is 0.467 e. The van der Waals surface area contributed by atoms with Gasteiger partial charge in [0.15, 0.2) is 0 Å².